The van der Waals surface area contributed by atoms with Gasteiger partial charge in [-0.15, -0.1) is 0 Å². The number of halogens is 2. The van der Waals surface area contributed by atoms with Gasteiger partial charge in [-0.25, -0.2) is 8.42 Å². The number of sulfonamides is 1. The second-order valence-electron chi connectivity index (χ2n) is 5.32. The van der Waals surface area contributed by atoms with E-state index in [9.17, 15) is 13.2 Å². The maximum absolute atomic E-state index is 12.7. The minimum Gasteiger partial charge on any atom is -0.289 e. The lowest BCUT2D eigenvalue weighted by molar-refractivity contribution is 0.103. The molecule has 0 saturated heterocycles. The smallest absolute Gasteiger partial charge is 0.245 e. The van der Waals surface area contributed by atoms with Crippen LogP contribution in [-0.4, -0.2) is 18.8 Å². The van der Waals surface area contributed by atoms with Crippen molar-refractivity contribution in [1.82, 2.24) is 0 Å². The molecule has 3 rings (SSSR count). The zero-order valence-corrected chi connectivity index (χ0v) is 15.9. The van der Waals surface area contributed by atoms with Crippen molar-refractivity contribution in [1.29, 1.82) is 0 Å². The van der Waals surface area contributed by atoms with Gasteiger partial charge in [-0.3, -0.25) is 9.52 Å². The van der Waals surface area contributed by atoms with Crippen LogP contribution in [0.2, 0.25) is 5.02 Å². The largest absolute Gasteiger partial charge is 0.289 e. The molecule has 0 radical (unpaired) electrons. The van der Waals surface area contributed by atoms with Crippen molar-refractivity contribution in [2.24, 2.45) is 0 Å². The third-order valence-corrected chi connectivity index (χ3v) is 7.52. The number of benzene rings is 2. The molecule has 0 saturated carbocycles. The Morgan fingerprint density at radius 3 is 2.48 bits per heavy atom. The van der Waals surface area contributed by atoms with Crippen LogP contribution >= 0.6 is 35.0 Å². The van der Waals surface area contributed by atoms with Crippen LogP contribution in [0.3, 0.4) is 0 Å². The van der Waals surface area contributed by atoms with Gasteiger partial charge in [0.05, 0.1) is 10.1 Å². The van der Waals surface area contributed by atoms with Crippen LogP contribution in [0.4, 0.5) is 5.69 Å². The predicted octanol–water partition coefficient (Wildman–Crippen LogP) is 4.86. The molecular weight excluding hydrogens is 401 g/mol. The molecule has 1 aliphatic heterocycles. The molecule has 0 amide bonds. The fourth-order valence-electron chi connectivity index (χ4n) is 2.36. The fourth-order valence-corrected chi connectivity index (χ4v) is 5.66. The highest BCUT2D eigenvalue weighted by atomic mass is 35.5. The van der Waals surface area contributed by atoms with Gasteiger partial charge in [-0.1, -0.05) is 71.4 Å². The van der Waals surface area contributed by atoms with E-state index in [0.29, 0.717) is 21.4 Å². The number of ketones is 1. The van der Waals surface area contributed by atoms with Gasteiger partial charge < -0.3 is 0 Å². The Hall–Kier alpha value is -1.47. The maximum atomic E-state index is 12.7. The summed E-state index contributed by atoms with van der Waals surface area (Å²) in [4.78, 5) is 12.7. The molecule has 0 aliphatic carbocycles. The van der Waals surface area contributed by atoms with E-state index >= 15 is 0 Å². The Morgan fingerprint density at radius 1 is 1.12 bits per heavy atom. The highest BCUT2D eigenvalue weighted by Gasteiger charge is 2.31. The molecule has 1 unspecified atom stereocenters. The summed E-state index contributed by atoms with van der Waals surface area (Å²) in [7, 11) is -3.72. The highest BCUT2D eigenvalue weighted by Crippen LogP contribution is 2.38. The normalized spacial score (nSPS) is 17.2. The summed E-state index contributed by atoms with van der Waals surface area (Å²) in [5.41, 5.74) is 0.844. The zero-order chi connectivity index (χ0) is 18.0. The number of carbonyl (C=O) groups excluding carboxylic acids is 1. The molecule has 25 heavy (non-hydrogen) atoms. The van der Waals surface area contributed by atoms with Crippen LogP contribution in [0, 0.1) is 0 Å². The van der Waals surface area contributed by atoms with Crippen molar-refractivity contribution in [3.63, 3.8) is 0 Å². The molecule has 2 aromatic rings. The first kappa shape index (κ1) is 18.3. The number of nitrogens with one attached hydrogen (secondary N) is 1. The van der Waals surface area contributed by atoms with E-state index in [2.05, 4.69) is 4.72 Å². The second-order valence-corrected chi connectivity index (χ2v) is 9.80. The molecule has 2 aromatic carbocycles. The molecule has 8 heteroatoms. The molecular formula is C17H13Cl2NO3S2. The van der Waals surface area contributed by atoms with Gasteiger partial charge in [-0.2, -0.15) is 0 Å². The van der Waals surface area contributed by atoms with Gasteiger partial charge in [0.2, 0.25) is 10.0 Å². The predicted molar refractivity (Wildman–Crippen MR) is 104 cm³/mol. The van der Waals surface area contributed by atoms with Crippen molar-refractivity contribution in [2.75, 3.05) is 4.72 Å². The monoisotopic (exact) mass is 413 g/mol. The summed E-state index contributed by atoms with van der Waals surface area (Å²) in [6, 6.07) is 13.1. The standard InChI is InChI=1S/C17H13Cl2NO3S2/c18-12-6-7-14(20-25(22,23)16-9-8-15(19)24-16)13(10-12)17(21)11-4-2-1-3-5-11/h1-8,10,16,20H,9H2. The highest BCUT2D eigenvalue weighted by molar-refractivity contribution is 8.17. The third-order valence-electron chi connectivity index (χ3n) is 3.58. The molecule has 130 valence electrons. The second kappa shape index (κ2) is 7.41. The zero-order valence-electron chi connectivity index (χ0n) is 12.8. The lowest BCUT2D eigenvalue weighted by Crippen LogP contribution is -2.24. The first-order valence-electron chi connectivity index (χ1n) is 7.30. The molecule has 0 spiro atoms. The van der Waals surface area contributed by atoms with E-state index in [-0.39, 0.29) is 17.0 Å². The van der Waals surface area contributed by atoms with Crippen LogP contribution in [0.25, 0.3) is 0 Å². The van der Waals surface area contributed by atoms with Gasteiger partial charge in [-0.05, 0) is 24.6 Å². The van der Waals surface area contributed by atoms with Crippen molar-refractivity contribution in [3.05, 3.63) is 75.1 Å². The lowest BCUT2D eigenvalue weighted by atomic mass is 10.0. The summed E-state index contributed by atoms with van der Waals surface area (Å²) in [6.45, 7) is 0. The number of allylic oxidation sites excluding steroid dienone is 1. The van der Waals surface area contributed by atoms with Crippen LogP contribution < -0.4 is 4.72 Å². The average molecular weight is 414 g/mol. The van der Waals surface area contributed by atoms with Gasteiger partial charge in [0.1, 0.15) is 4.58 Å². The summed E-state index contributed by atoms with van der Waals surface area (Å²) in [6.07, 6.45) is 1.97. The topological polar surface area (TPSA) is 63.2 Å². The molecule has 1 atom stereocenters. The third kappa shape index (κ3) is 4.20. The first-order chi connectivity index (χ1) is 11.9. The quantitative estimate of drug-likeness (QED) is 0.710. The maximum Gasteiger partial charge on any atom is 0.245 e. The van der Waals surface area contributed by atoms with E-state index in [1.54, 1.807) is 36.4 Å². The minimum absolute atomic E-state index is 0.196. The van der Waals surface area contributed by atoms with E-state index in [4.69, 9.17) is 23.2 Å². The van der Waals surface area contributed by atoms with E-state index in [0.717, 1.165) is 11.8 Å². The Kier molecular flexibility index (Phi) is 5.43. The van der Waals surface area contributed by atoms with Crippen LogP contribution in [-0.2, 0) is 10.0 Å². The number of hydrogen-bond acceptors (Lipinski definition) is 4. The fraction of sp³-hybridized carbons (Fsp3) is 0.118. The van der Waals surface area contributed by atoms with Crippen LogP contribution in [0.1, 0.15) is 22.3 Å². The molecule has 4 nitrogen and oxygen atoms in total. The summed E-state index contributed by atoms with van der Waals surface area (Å²) in [5.74, 6) is -0.309. The van der Waals surface area contributed by atoms with Crippen LogP contribution in [0.15, 0.2) is 59.0 Å². The summed E-state index contributed by atoms with van der Waals surface area (Å²) < 4.78 is 27.4. The van der Waals surface area contributed by atoms with Crippen LogP contribution in [0.5, 0.6) is 0 Å². The first-order valence-corrected chi connectivity index (χ1v) is 10.5. The van der Waals surface area contributed by atoms with Gasteiger partial charge in [0.25, 0.3) is 0 Å². The van der Waals surface area contributed by atoms with Gasteiger partial charge in [0.15, 0.2) is 5.78 Å². The SMILES string of the molecule is O=C(c1ccccc1)c1cc(Cl)ccc1NS(=O)(=O)C1CC=C(Cl)S1. The Balaban J connectivity index is 1.94. The Morgan fingerprint density at radius 2 is 1.84 bits per heavy atom. The molecule has 0 aromatic heterocycles. The average Bonchev–Trinajstić information content (AvgIpc) is 3.04. The Bertz CT molecular complexity index is 944. The number of carbonyl (C=O) groups is 1. The van der Waals surface area contributed by atoms with Gasteiger partial charge in [0, 0.05) is 16.1 Å². The van der Waals surface area contributed by atoms with E-state index < -0.39 is 14.6 Å². The summed E-state index contributed by atoms with van der Waals surface area (Å²) in [5, 5.41) is 0.349. The number of anilines is 1. The minimum atomic E-state index is -3.72. The molecule has 1 heterocycles. The van der Waals surface area contributed by atoms with Crippen molar-refractivity contribution in [2.45, 2.75) is 11.0 Å². The van der Waals surface area contributed by atoms with E-state index in [1.807, 2.05) is 0 Å². The molecule has 0 fully saturated rings. The van der Waals surface area contributed by atoms with Crippen molar-refractivity contribution >= 4 is 56.5 Å². The number of rotatable bonds is 5. The van der Waals surface area contributed by atoms with Crippen molar-refractivity contribution < 1.29 is 13.2 Å². The number of thioether (sulfide) groups is 1. The Labute approximate surface area is 160 Å². The van der Waals surface area contributed by atoms with Crippen molar-refractivity contribution in [3.8, 4) is 0 Å². The van der Waals surface area contributed by atoms with Gasteiger partial charge >= 0.3 is 0 Å². The summed E-state index contributed by atoms with van der Waals surface area (Å²) >= 11 is 12.9. The molecule has 1 aliphatic rings. The lowest BCUT2D eigenvalue weighted by Gasteiger charge is -2.16. The number of hydrogen-bond donors (Lipinski definition) is 1. The van der Waals surface area contributed by atoms with E-state index in [1.165, 1.54) is 18.2 Å². The molecule has 1 N–H and O–H groups in total. The molecule has 0 bridgehead atoms.